The number of rotatable bonds is 4. The third-order valence-electron chi connectivity index (χ3n) is 9.66. The maximum atomic E-state index is 10.6. The molecule has 0 bridgehead atoms. The van der Waals surface area contributed by atoms with Crippen LogP contribution in [0.15, 0.2) is 164 Å². The largest absolute Gasteiger partial charge is 0.308 e. The Balaban J connectivity index is 1.33. The summed E-state index contributed by atoms with van der Waals surface area (Å²) in [4.78, 5) is 4.08. The van der Waals surface area contributed by atoms with E-state index in [1.165, 1.54) is 5.56 Å². The van der Waals surface area contributed by atoms with Crippen LogP contribution in [0, 0.1) is 17.9 Å². The van der Waals surface area contributed by atoms with E-state index in [1.807, 2.05) is 36.4 Å². The quantitative estimate of drug-likeness (QED) is 0.142. The molecule has 1 aromatic heterocycles. The molecule has 0 radical (unpaired) electrons. The lowest BCUT2D eigenvalue weighted by Gasteiger charge is -2.21. The highest BCUT2D eigenvalue weighted by Gasteiger charge is 2.22. The first kappa shape index (κ1) is 28.3. The second-order valence-electron chi connectivity index (χ2n) is 12.2. The van der Waals surface area contributed by atoms with Crippen molar-refractivity contribution in [2.24, 2.45) is 0 Å². The van der Waals surface area contributed by atoms with Crippen LogP contribution in [-0.4, -0.2) is 4.57 Å². The summed E-state index contributed by atoms with van der Waals surface area (Å²) >= 11 is 0. The Morgan fingerprint density at radius 2 is 1.00 bits per heavy atom. The van der Waals surface area contributed by atoms with Crippen molar-refractivity contribution in [2.45, 2.75) is 0 Å². The molecule has 0 spiro atoms. The van der Waals surface area contributed by atoms with Crippen LogP contribution in [0.4, 0.5) is 5.69 Å². The van der Waals surface area contributed by atoms with Crippen LogP contribution in [0.2, 0.25) is 0 Å². The van der Waals surface area contributed by atoms with E-state index < -0.39 is 0 Å². The molecular formula is C46H27N3. The van der Waals surface area contributed by atoms with Crippen LogP contribution < -0.4 is 0 Å². The van der Waals surface area contributed by atoms with Gasteiger partial charge in [0.1, 0.15) is 6.07 Å². The third kappa shape index (κ3) is 4.35. The van der Waals surface area contributed by atoms with Crippen LogP contribution in [0.25, 0.3) is 87.3 Å². The molecule has 0 unspecified atom stereocenters. The molecule has 226 valence electrons. The van der Waals surface area contributed by atoms with Crippen LogP contribution in [-0.2, 0) is 0 Å². The zero-order valence-corrected chi connectivity index (χ0v) is 26.4. The van der Waals surface area contributed by atoms with E-state index in [4.69, 9.17) is 6.57 Å². The summed E-state index contributed by atoms with van der Waals surface area (Å²) in [7, 11) is 0. The second kappa shape index (κ2) is 11.4. The molecule has 0 aliphatic rings. The van der Waals surface area contributed by atoms with E-state index in [2.05, 4.69) is 143 Å². The summed E-state index contributed by atoms with van der Waals surface area (Å²) in [5, 5.41) is 17.4. The first-order valence-corrected chi connectivity index (χ1v) is 16.3. The van der Waals surface area contributed by atoms with Gasteiger partial charge in [0, 0.05) is 10.8 Å². The molecule has 49 heavy (non-hydrogen) atoms. The lowest BCUT2D eigenvalue weighted by molar-refractivity contribution is 1.17. The number of aromatic nitrogens is 1. The maximum Gasteiger partial charge on any atom is 0.195 e. The average Bonchev–Trinajstić information content (AvgIpc) is 3.51. The lowest BCUT2D eigenvalue weighted by Crippen LogP contribution is -1.98. The third-order valence-corrected chi connectivity index (χ3v) is 9.66. The van der Waals surface area contributed by atoms with Gasteiger partial charge in [0.05, 0.1) is 28.9 Å². The molecule has 0 saturated carbocycles. The molecule has 9 rings (SSSR count). The van der Waals surface area contributed by atoms with Crippen molar-refractivity contribution in [1.29, 1.82) is 5.26 Å². The van der Waals surface area contributed by atoms with Crippen molar-refractivity contribution in [3.63, 3.8) is 0 Å². The van der Waals surface area contributed by atoms with E-state index in [0.29, 0.717) is 11.3 Å². The minimum atomic E-state index is 0.567. The van der Waals surface area contributed by atoms with Gasteiger partial charge in [-0.05, 0) is 79.2 Å². The summed E-state index contributed by atoms with van der Waals surface area (Å²) in [6.45, 7) is 8.32. The van der Waals surface area contributed by atoms with Gasteiger partial charge in [0.15, 0.2) is 5.69 Å². The molecular weight excluding hydrogens is 595 g/mol. The van der Waals surface area contributed by atoms with Gasteiger partial charge in [-0.25, -0.2) is 4.85 Å². The molecule has 0 saturated heterocycles. The number of fused-ring (bicyclic) bond motifs is 5. The standard InChI is InChI=1S/C46H27N3/c1-48-40-23-13-22-33(31-26-27-41(32(28-31)29-47)49-42-24-11-9-16-34(42)35-17-10-12-25-43(35)49)46(40)45-38-20-7-5-18-36(38)44(30-14-3-2-4-15-30)37-19-6-8-21-39(37)45/h2-28H. The van der Waals surface area contributed by atoms with Crippen molar-refractivity contribution < 1.29 is 0 Å². The van der Waals surface area contributed by atoms with E-state index in [0.717, 1.165) is 76.9 Å². The van der Waals surface area contributed by atoms with Gasteiger partial charge in [-0.2, -0.15) is 5.26 Å². The van der Waals surface area contributed by atoms with Gasteiger partial charge in [-0.3, -0.25) is 0 Å². The number of hydrogen-bond acceptors (Lipinski definition) is 1. The van der Waals surface area contributed by atoms with Crippen molar-refractivity contribution in [3.8, 4) is 45.1 Å². The van der Waals surface area contributed by atoms with Crippen molar-refractivity contribution in [1.82, 2.24) is 4.57 Å². The summed E-state index contributed by atoms with van der Waals surface area (Å²) in [6.07, 6.45) is 0. The van der Waals surface area contributed by atoms with Gasteiger partial charge in [-0.1, -0.05) is 140 Å². The topological polar surface area (TPSA) is 33.1 Å². The number of para-hydroxylation sites is 2. The molecule has 0 fully saturated rings. The highest BCUT2D eigenvalue weighted by Crippen LogP contribution is 2.49. The lowest BCUT2D eigenvalue weighted by atomic mass is 9.83. The summed E-state index contributed by atoms with van der Waals surface area (Å²) in [6, 6.07) is 58.8. The summed E-state index contributed by atoms with van der Waals surface area (Å²) in [5.74, 6) is 0. The molecule has 3 nitrogen and oxygen atoms in total. The molecule has 1 heterocycles. The zero-order valence-electron chi connectivity index (χ0n) is 26.4. The van der Waals surface area contributed by atoms with Crippen molar-refractivity contribution in [3.05, 3.63) is 181 Å². The van der Waals surface area contributed by atoms with Crippen LogP contribution in [0.3, 0.4) is 0 Å². The second-order valence-corrected chi connectivity index (χ2v) is 12.2. The van der Waals surface area contributed by atoms with Crippen LogP contribution in [0.5, 0.6) is 0 Å². The van der Waals surface area contributed by atoms with E-state index >= 15 is 0 Å². The predicted molar refractivity (Wildman–Crippen MR) is 203 cm³/mol. The Kier molecular flexibility index (Phi) is 6.58. The number of nitrogens with zero attached hydrogens (tertiary/aromatic N) is 3. The first-order valence-electron chi connectivity index (χ1n) is 16.3. The molecule has 3 heteroatoms. The fourth-order valence-corrected chi connectivity index (χ4v) is 7.62. The zero-order chi connectivity index (χ0) is 32.9. The van der Waals surface area contributed by atoms with Crippen molar-refractivity contribution in [2.75, 3.05) is 0 Å². The van der Waals surface area contributed by atoms with Gasteiger partial charge < -0.3 is 4.57 Å². The molecule has 0 amide bonds. The molecule has 8 aromatic carbocycles. The van der Waals surface area contributed by atoms with Crippen molar-refractivity contribution >= 4 is 49.0 Å². The number of hydrogen-bond donors (Lipinski definition) is 0. The Morgan fingerprint density at radius 3 is 1.57 bits per heavy atom. The Morgan fingerprint density at radius 1 is 0.469 bits per heavy atom. The first-order chi connectivity index (χ1) is 24.3. The molecule has 9 aromatic rings. The smallest absolute Gasteiger partial charge is 0.195 e. The molecule has 0 N–H and O–H groups in total. The normalized spacial score (nSPS) is 11.2. The number of nitriles is 1. The Bertz CT molecular complexity index is 2740. The molecule has 0 aliphatic heterocycles. The maximum absolute atomic E-state index is 10.6. The van der Waals surface area contributed by atoms with Gasteiger partial charge in [0.2, 0.25) is 0 Å². The summed E-state index contributed by atoms with van der Waals surface area (Å²) < 4.78 is 2.19. The number of benzene rings is 8. The van der Waals surface area contributed by atoms with E-state index in [-0.39, 0.29) is 0 Å². The monoisotopic (exact) mass is 621 g/mol. The molecule has 0 atom stereocenters. The SMILES string of the molecule is [C-]#[N+]c1cccc(-c2ccc(-n3c4ccccc4c4ccccc43)c(C#N)c2)c1-c1c2ccccc2c(-c2ccccc2)c2ccccc12. The van der Waals surface area contributed by atoms with E-state index in [9.17, 15) is 5.26 Å². The highest BCUT2D eigenvalue weighted by atomic mass is 15.0. The molecule has 0 aliphatic carbocycles. The average molecular weight is 622 g/mol. The highest BCUT2D eigenvalue weighted by molar-refractivity contribution is 6.23. The Labute approximate surface area is 284 Å². The predicted octanol–water partition coefficient (Wildman–Crippen LogP) is 12.5. The van der Waals surface area contributed by atoms with E-state index in [1.54, 1.807) is 0 Å². The van der Waals surface area contributed by atoms with Crippen LogP contribution >= 0.6 is 0 Å². The fraction of sp³-hybridized carbons (Fsp3) is 0. The van der Waals surface area contributed by atoms with Crippen LogP contribution in [0.1, 0.15) is 5.56 Å². The fourth-order valence-electron chi connectivity index (χ4n) is 7.62. The summed E-state index contributed by atoms with van der Waals surface area (Å²) in [5.41, 5.74) is 10.1. The van der Waals surface area contributed by atoms with Gasteiger partial charge in [-0.15, -0.1) is 0 Å². The Hall–Kier alpha value is -6.94. The minimum Gasteiger partial charge on any atom is -0.308 e. The van der Waals surface area contributed by atoms with Gasteiger partial charge in [0.25, 0.3) is 0 Å². The minimum absolute atomic E-state index is 0.567. The van der Waals surface area contributed by atoms with Gasteiger partial charge >= 0.3 is 0 Å².